The molecule has 0 aliphatic rings. The van der Waals surface area contributed by atoms with Crippen molar-refractivity contribution in [1.82, 2.24) is 0 Å². The van der Waals surface area contributed by atoms with Crippen LogP contribution in [0.25, 0.3) is 0 Å². The van der Waals surface area contributed by atoms with Crippen LogP contribution in [0.3, 0.4) is 0 Å². The molecule has 0 aliphatic heterocycles. The van der Waals surface area contributed by atoms with Crippen LogP contribution in [0.4, 0.5) is 4.39 Å². The van der Waals surface area contributed by atoms with E-state index in [4.69, 9.17) is 4.42 Å². The quantitative estimate of drug-likeness (QED) is 0.880. The van der Waals surface area contributed by atoms with E-state index in [2.05, 4.69) is 20.7 Å². The number of esters is 1. The fraction of sp³-hybridized carbons (Fsp3) is 0.154. The summed E-state index contributed by atoms with van der Waals surface area (Å²) < 4.78 is 23.4. The Bertz CT molecular complexity index is 588. The Hall–Kier alpha value is -1.66. The summed E-state index contributed by atoms with van der Waals surface area (Å²) in [7, 11) is 1.23. The van der Waals surface area contributed by atoms with Crippen LogP contribution in [0.15, 0.2) is 39.2 Å². The number of aliphatic hydroxyl groups is 1. The molecule has 100 valence electrons. The van der Waals surface area contributed by atoms with Crippen molar-refractivity contribution in [2.24, 2.45) is 0 Å². The van der Waals surface area contributed by atoms with Crippen molar-refractivity contribution in [3.8, 4) is 0 Å². The van der Waals surface area contributed by atoms with E-state index in [1.54, 1.807) is 6.07 Å². The molecule has 2 aromatic rings. The molecular formula is C13H10BrFO4. The normalized spacial score (nSPS) is 12.2. The van der Waals surface area contributed by atoms with Crippen LogP contribution in [-0.4, -0.2) is 18.2 Å². The van der Waals surface area contributed by atoms with E-state index < -0.39 is 17.9 Å². The number of hydrogen-bond donors (Lipinski definition) is 1. The molecule has 1 heterocycles. The number of halogens is 2. The highest BCUT2D eigenvalue weighted by Gasteiger charge is 2.19. The number of hydrogen-bond acceptors (Lipinski definition) is 4. The molecule has 1 atom stereocenters. The van der Waals surface area contributed by atoms with E-state index in [0.717, 1.165) is 0 Å². The Balaban J connectivity index is 2.30. The van der Waals surface area contributed by atoms with Gasteiger partial charge in [-0.1, -0.05) is 15.9 Å². The molecule has 6 heteroatoms. The van der Waals surface area contributed by atoms with Crippen molar-refractivity contribution in [2.45, 2.75) is 6.10 Å². The van der Waals surface area contributed by atoms with Gasteiger partial charge in [0.05, 0.1) is 7.11 Å². The molecule has 0 saturated carbocycles. The van der Waals surface area contributed by atoms with E-state index in [9.17, 15) is 14.3 Å². The van der Waals surface area contributed by atoms with Gasteiger partial charge in [0.1, 0.15) is 17.7 Å². The second kappa shape index (κ2) is 5.54. The molecule has 2 rings (SSSR count). The highest BCUT2D eigenvalue weighted by molar-refractivity contribution is 9.10. The van der Waals surface area contributed by atoms with Crippen LogP contribution in [0.5, 0.6) is 0 Å². The summed E-state index contributed by atoms with van der Waals surface area (Å²) in [6, 6.07) is 6.86. The number of carbonyl (C=O) groups is 1. The smallest absolute Gasteiger partial charge is 0.373 e. The second-order valence-corrected chi connectivity index (χ2v) is 4.71. The van der Waals surface area contributed by atoms with Gasteiger partial charge in [-0.15, -0.1) is 0 Å². The van der Waals surface area contributed by atoms with Gasteiger partial charge in [-0.3, -0.25) is 0 Å². The molecule has 0 spiro atoms. The van der Waals surface area contributed by atoms with Crippen molar-refractivity contribution < 1.29 is 23.4 Å². The summed E-state index contributed by atoms with van der Waals surface area (Å²) in [6.07, 6.45) is -1.16. The second-order valence-electron chi connectivity index (χ2n) is 3.80. The predicted molar refractivity (Wildman–Crippen MR) is 68.2 cm³/mol. The Morgan fingerprint density at radius 1 is 1.42 bits per heavy atom. The van der Waals surface area contributed by atoms with Crippen LogP contribution in [-0.2, 0) is 4.74 Å². The topological polar surface area (TPSA) is 59.7 Å². The molecular weight excluding hydrogens is 319 g/mol. The minimum absolute atomic E-state index is 0.0213. The standard InChI is InChI=1S/C13H10BrFO4/c1-18-13(17)11-3-2-10(19-11)12(16)7-4-8(14)6-9(15)5-7/h2-6,12,16H,1H3. The number of carbonyl (C=O) groups excluding carboxylic acids is 1. The first-order valence-corrected chi connectivity index (χ1v) is 6.12. The lowest BCUT2D eigenvalue weighted by Crippen LogP contribution is -2.01. The van der Waals surface area contributed by atoms with Crippen molar-refractivity contribution in [3.63, 3.8) is 0 Å². The Morgan fingerprint density at radius 3 is 2.79 bits per heavy atom. The number of rotatable bonds is 3. The van der Waals surface area contributed by atoms with Crippen LogP contribution in [0.2, 0.25) is 0 Å². The van der Waals surface area contributed by atoms with Gasteiger partial charge in [0, 0.05) is 4.47 Å². The van der Waals surface area contributed by atoms with E-state index in [-0.39, 0.29) is 11.5 Å². The van der Waals surface area contributed by atoms with Crippen LogP contribution >= 0.6 is 15.9 Å². The average Bonchev–Trinajstić information content (AvgIpc) is 2.85. The zero-order chi connectivity index (χ0) is 14.0. The summed E-state index contributed by atoms with van der Waals surface area (Å²) in [5.41, 5.74) is 0.317. The molecule has 1 aromatic heterocycles. The molecule has 4 nitrogen and oxygen atoms in total. The first-order valence-electron chi connectivity index (χ1n) is 5.33. The van der Waals surface area contributed by atoms with E-state index in [1.165, 1.54) is 31.4 Å². The minimum Gasteiger partial charge on any atom is -0.463 e. The third-order valence-corrected chi connectivity index (χ3v) is 2.94. The number of benzene rings is 1. The third-order valence-electron chi connectivity index (χ3n) is 2.48. The Morgan fingerprint density at radius 2 is 2.16 bits per heavy atom. The highest BCUT2D eigenvalue weighted by atomic mass is 79.9. The van der Waals surface area contributed by atoms with Crippen molar-refractivity contribution >= 4 is 21.9 Å². The fourth-order valence-corrected chi connectivity index (χ4v) is 2.09. The molecule has 0 aliphatic carbocycles. The Kier molecular flexibility index (Phi) is 4.01. The lowest BCUT2D eigenvalue weighted by Gasteiger charge is -2.08. The van der Waals surface area contributed by atoms with Gasteiger partial charge in [-0.25, -0.2) is 9.18 Å². The maximum atomic E-state index is 13.2. The van der Waals surface area contributed by atoms with E-state index in [0.29, 0.717) is 10.0 Å². The number of aliphatic hydroxyl groups excluding tert-OH is 1. The van der Waals surface area contributed by atoms with Gasteiger partial charge in [-0.2, -0.15) is 0 Å². The monoisotopic (exact) mass is 328 g/mol. The van der Waals surface area contributed by atoms with Gasteiger partial charge in [0.15, 0.2) is 0 Å². The number of ether oxygens (including phenoxy) is 1. The first kappa shape index (κ1) is 13.8. The van der Waals surface area contributed by atoms with Gasteiger partial charge < -0.3 is 14.3 Å². The highest BCUT2D eigenvalue weighted by Crippen LogP contribution is 2.27. The van der Waals surface area contributed by atoms with Crippen LogP contribution in [0, 0.1) is 5.82 Å². The molecule has 1 N–H and O–H groups in total. The largest absolute Gasteiger partial charge is 0.463 e. The van der Waals surface area contributed by atoms with E-state index in [1.807, 2.05) is 0 Å². The zero-order valence-corrected chi connectivity index (χ0v) is 11.5. The Labute approximate surface area is 116 Å². The summed E-state index contributed by atoms with van der Waals surface area (Å²) in [4.78, 5) is 11.2. The van der Waals surface area contributed by atoms with Gasteiger partial charge in [0.25, 0.3) is 0 Å². The summed E-state index contributed by atoms with van der Waals surface area (Å²) in [5.74, 6) is -1.01. The lowest BCUT2D eigenvalue weighted by atomic mass is 10.1. The van der Waals surface area contributed by atoms with Crippen molar-refractivity contribution in [3.05, 3.63) is 57.7 Å². The maximum Gasteiger partial charge on any atom is 0.373 e. The van der Waals surface area contributed by atoms with Gasteiger partial charge in [0.2, 0.25) is 5.76 Å². The third kappa shape index (κ3) is 3.02. The lowest BCUT2D eigenvalue weighted by molar-refractivity contribution is 0.0558. The zero-order valence-electron chi connectivity index (χ0n) is 9.89. The van der Waals surface area contributed by atoms with E-state index >= 15 is 0 Å². The van der Waals surface area contributed by atoms with Gasteiger partial charge >= 0.3 is 5.97 Å². The van der Waals surface area contributed by atoms with Gasteiger partial charge in [-0.05, 0) is 35.9 Å². The molecule has 0 bridgehead atoms. The molecule has 19 heavy (non-hydrogen) atoms. The predicted octanol–water partition coefficient (Wildman–Crippen LogP) is 3.05. The molecule has 0 saturated heterocycles. The molecule has 1 aromatic carbocycles. The minimum atomic E-state index is -1.16. The summed E-state index contributed by atoms with van der Waals surface area (Å²) in [6.45, 7) is 0. The molecule has 0 fully saturated rings. The van der Waals surface area contributed by atoms with Crippen LogP contribution in [0.1, 0.15) is 28.0 Å². The molecule has 0 amide bonds. The number of methoxy groups -OCH3 is 1. The van der Waals surface area contributed by atoms with Crippen molar-refractivity contribution in [1.29, 1.82) is 0 Å². The maximum absolute atomic E-state index is 13.2. The molecule has 0 radical (unpaired) electrons. The molecule has 1 unspecified atom stereocenters. The van der Waals surface area contributed by atoms with Crippen molar-refractivity contribution in [2.75, 3.05) is 7.11 Å². The fourth-order valence-electron chi connectivity index (χ4n) is 1.61. The SMILES string of the molecule is COC(=O)c1ccc(C(O)c2cc(F)cc(Br)c2)o1. The summed E-state index contributed by atoms with van der Waals surface area (Å²) in [5, 5.41) is 10.1. The first-order chi connectivity index (χ1) is 9.01. The average molecular weight is 329 g/mol. The van der Waals surface area contributed by atoms with Crippen LogP contribution < -0.4 is 0 Å². The summed E-state index contributed by atoms with van der Waals surface area (Å²) >= 11 is 3.14. The number of furan rings is 1.